The van der Waals surface area contributed by atoms with Gasteiger partial charge in [0.1, 0.15) is 5.75 Å². The monoisotopic (exact) mass is 289 g/mol. The number of hydrogen-bond acceptors (Lipinski definition) is 4. The number of nitrogens with zero attached hydrogens (tertiary/aromatic N) is 1. The van der Waals surface area contributed by atoms with Gasteiger partial charge < -0.3 is 14.4 Å². The smallest absolute Gasteiger partial charge is 0.330 e. The fourth-order valence-corrected chi connectivity index (χ4v) is 2.40. The maximum Gasteiger partial charge on any atom is 0.330 e. The van der Waals surface area contributed by atoms with E-state index in [0.717, 1.165) is 11.4 Å². The van der Waals surface area contributed by atoms with Crippen LogP contribution < -0.4 is 9.64 Å². The molecule has 1 aliphatic rings. The van der Waals surface area contributed by atoms with E-state index in [1.165, 1.54) is 13.2 Å². The van der Waals surface area contributed by atoms with E-state index in [-0.39, 0.29) is 11.9 Å². The lowest BCUT2D eigenvalue weighted by Gasteiger charge is -2.51. The number of hydrogen-bond donors (Lipinski definition) is 0. The van der Waals surface area contributed by atoms with Gasteiger partial charge in [-0.05, 0) is 38.1 Å². The lowest BCUT2D eigenvalue weighted by Crippen LogP contribution is -2.66. The quantitative estimate of drug-likeness (QED) is 0.484. The molecule has 0 radical (unpaired) electrons. The highest BCUT2D eigenvalue weighted by Crippen LogP contribution is 2.42. The molecule has 21 heavy (non-hydrogen) atoms. The summed E-state index contributed by atoms with van der Waals surface area (Å²) in [5.41, 5.74) is 0.240. The number of carbonyl (C=O) groups is 2. The summed E-state index contributed by atoms with van der Waals surface area (Å²) >= 11 is 0. The lowest BCUT2D eigenvalue weighted by atomic mass is 9.73. The van der Waals surface area contributed by atoms with E-state index in [2.05, 4.69) is 4.74 Å². The average Bonchev–Trinajstić information content (AvgIpc) is 2.50. The first-order chi connectivity index (χ1) is 9.91. The van der Waals surface area contributed by atoms with Crippen molar-refractivity contribution in [2.24, 2.45) is 5.41 Å². The van der Waals surface area contributed by atoms with E-state index >= 15 is 0 Å². The first-order valence-corrected chi connectivity index (χ1v) is 6.65. The van der Waals surface area contributed by atoms with Crippen LogP contribution in [0, 0.1) is 5.41 Å². The van der Waals surface area contributed by atoms with Crippen LogP contribution in [0.2, 0.25) is 0 Å². The van der Waals surface area contributed by atoms with Gasteiger partial charge in [0.05, 0.1) is 25.7 Å². The second kappa shape index (κ2) is 5.60. The topological polar surface area (TPSA) is 55.8 Å². The maximum absolute atomic E-state index is 12.3. The molecule has 5 nitrogen and oxygen atoms in total. The highest BCUT2D eigenvalue weighted by molar-refractivity contribution is 6.06. The van der Waals surface area contributed by atoms with Crippen LogP contribution in [0.15, 0.2) is 36.4 Å². The zero-order valence-electron chi connectivity index (χ0n) is 12.6. The zero-order valence-corrected chi connectivity index (χ0v) is 12.6. The number of amides is 1. The molecule has 0 N–H and O–H groups in total. The van der Waals surface area contributed by atoms with Crippen molar-refractivity contribution in [1.29, 1.82) is 0 Å². The number of rotatable bonds is 4. The Kier molecular flexibility index (Phi) is 4.02. The van der Waals surface area contributed by atoms with Crippen LogP contribution in [0.4, 0.5) is 5.69 Å². The first-order valence-electron chi connectivity index (χ1n) is 6.65. The Hall–Kier alpha value is -2.30. The molecule has 0 aliphatic carbocycles. The van der Waals surface area contributed by atoms with Crippen LogP contribution in [-0.4, -0.2) is 32.1 Å². The first kappa shape index (κ1) is 15.1. The minimum absolute atomic E-state index is 0.0205. The third-order valence-electron chi connectivity index (χ3n) is 3.75. The van der Waals surface area contributed by atoms with Gasteiger partial charge in [0.25, 0.3) is 0 Å². The van der Waals surface area contributed by atoms with Gasteiger partial charge >= 0.3 is 5.97 Å². The number of anilines is 1. The Morgan fingerprint density at radius 1 is 1.24 bits per heavy atom. The molecular weight excluding hydrogens is 270 g/mol. The Balaban J connectivity index is 2.25. The van der Waals surface area contributed by atoms with Gasteiger partial charge in [-0.2, -0.15) is 0 Å². The van der Waals surface area contributed by atoms with Gasteiger partial charge in [-0.25, -0.2) is 4.79 Å². The average molecular weight is 289 g/mol. The second-order valence-corrected chi connectivity index (χ2v) is 5.42. The minimum Gasteiger partial charge on any atom is -0.497 e. The fourth-order valence-electron chi connectivity index (χ4n) is 2.40. The molecule has 1 saturated heterocycles. The summed E-state index contributed by atoms with van der Waals surface area (Å²) in [5, 5.41) is 0. The molecule has 1 fully saturated rings. The molecule has 1 atom stereocenters. The number of esters is 1. The molecule has 5 heteroatoms. The summed E-state index contributed by atoms with van der Waals surface area (Å²) in [7, 11) is 2.92. The van der Waals surface area contributed by atoms with Crippen molar-refractivity contribution < 1.29 is 19.1 Å². The van der Waals surface area contributed by atoms with Crippen molar-refractivity contribution >= 4 is 17.6 Å². The molecular formula is C16H19NO4. The molecule has 1 heterocycles. The van der Waals surface area contributed by atoms with Crippen molar-refractivity contribution in [2.75, 3.05) is 19.1 Å². The van der Waals surface area contributed by atoms with Crippen LogP contribution in [-0.2, 0) is 14.3 Å². The van der Waals surface area contributed by atoms with Crippen LogP contribution in [0.3, 0.4) is 0 Å². The van der Waals surface area contributed by atoms with E-state index < -0.39 is 11.4 Å². The molecule has 0 aromatic heterocycles. The largest absolute Gasteiger partial charge is 0.497 e. The minimum atomic E-state index is -0.537. The van der Waals surface area contributed by atoms with Crippen LogP contribution in [0.5, 0.6) is 5.75 Å². The molecule has 1 amide bonds. The third kappa shape index (κ3) is 2.63. The third-order valence-corrected chi connectivity index (χ3v) is 3.75. The Morgan fingerprint density at radius 2 is 1.86 bits per heavy atom. The van der Waals surface area contributed by atoms with Gasteiger partial charge in [-0.15, -0.1) is 0 Å². The van der Waals surface area contributed by atoms with Crippen LogP contribution in [0.25, 0.3) is 0 Å². The second-order valence-electron chi connectivity index (χ2n) is 5.42. The van der Waals surface area contributed by atoms with Gasteiger partial charge in [0, 0.05) is 11.8 Å². The number of β-lactam (4-membered cyclic amide) rings is 1. The molecule has 0 bridgehead atoms. The molecule has 0 saturated carbocycles. The maximum atomic E-state index is 12.3. The summed E-state index contributed by atoms with van der Waals surface area (Å²) in [6.45, 7) is 3.73. The normalized spacial score (nSPS) is 20.3. The van der Waals surface area contributed by atoms with E-state index in [1.807, 2.05) is 26.0 Å². The van der Waals surface area contributed by atoms with Gasteiger partial charge in [0.15, 0.2) is 0 Å². The summed E-state index contributed by atoms with van der Waals surface area (Å²) in [5.74, 6) is 0.319. The number of methoxy groups -OCH3 is 2. The van der Waals surface area contributed by atoms with E-state index in [1.54, 1.807) is 30.2 Å². The lowest BCUT2D eigenvalue weighted by molar-refractivity contribution is -0.136. The van der Waals surface area contributed by atoms with Crippen LogP contribution in [0.1, 0.15) is 13.8 Å². The zero-order chi connectivity index (χ0) is 15.6. The van der Waals surface area contributed by atoms with Crippen molar-refractivity contribution in [3.05, 3.63) is 36.4 Å². The SMILES string of the molecule is COC(=O)/C=C/C1N(c2ccc(OC)cc2)C(=O)C1(C)C. The van der Waals surface area contributed by atoms with Gasteiger partial charge in [-0.3, -0.25) is 4.79 Å². The van der Waals surface area contributed by atoms with Gasteiger partial charge in [0.2, 0.25) is 5.91 Å². The van der Waals surface area contributed by atoms with Crippen molar-refractivity contribution in [3.63, 3.8) is 0 Å². The molecule has 2 rings (SSSR count). The summed E-state index contributed by atoms with van der Waals surface area (Å²) in [4.78, 5) is 25.2. The van der Waals surface area contributed by atoms with Crippen molar-refractivity contribution in [2.45, 2.75) is 19.9 Å². The van der Waals surface area contributed by atoms with Crippen molar-refractivity contribution in [1.82, 2.24) is 0 Å². The van der Waals surface area contributed by atoms with Crippen LogP contribution >= 0.6 is 0 Å². The summed E-state index contributed by atoms with van der Waals surface area (Å²) in [6, 6.07) is 7.07. The summed E-state index contributed by atoms with van der Waals surface area (Å²) in [6.07, 6.45) is 3.06. The summed E-state index contributed by atoms with van der Waals surface area (Å²) < 4.78 is 9.70. The number of benzene rings is 1. The predicted octanol–water partition coefficient (Wildman–Crippen LogP) is 2.17. The highest BCUT2D eigenvalue weighted by atomic mass is 16.5. The molecule has 0 spiro atoms. The van der Waals surface area contributed by atoms with E-state index in [0.29, 0.717) is 0 Å². The Labute approximate surface area is 124 Å². The van der Waals surface area contributed by atoms with E-state index in [4.69, 9.17) is 4.74 Å². The Morgan fingerprint density at radius 3 is 2.38 bits per heavy atom. The van der Waals surface area contributed by atoms with Gasteiger partial charge in [-0.1, -0.05) is 6.08 Å². The van der Waals surface area contributed by atoms with Crippen molar-refractivity contribution in [3.8, 4) is 5.75 Å². The number of carbonyl (C=O) groups excluding carboxylic acids is 2. The molecule has 1 aromatic rings. The Bertz CT molecular complexity index is 574. The predicted molar refractivity (Wildman–Crippen MR) is 79.2 cm³/mol. The molecule has 1 unspecified atom stereocenters. The fraction of sp³-hybridized carbons (Fsp3) is 0.375. The molecule has 1 aliphatic heterocycles. The number of ether oxygens (including phenoxy) is 2. The molecule has 112 valence electrons. The standard InChI is InChI=1S/C16H19NO4/c1-16(2)13(9-10-14(18)21-4)17(15(16)19)11-5-7-12(20-3)8-6-11/h5-10,13H,1-4H3/b10-9+. The molecule has 1 aromatic carbocycles. The highest BCUT2D eigenvalue weighted by Gasteiger charge is 2.53. The van der Waals surface area contributed by atoms with E-state index in [9.17, 15) is 9.59 Å².